The van der Waals surface area contributed by atoms with Gasteiger partial charge in [0.15, 0.2) is 5.82 Å². The van der Waals surface area contributed by atoms with Gasteiger partial charge in [-0.1, -0.05) is 23.8 Å². The van der Waals surface area contributed by atoms with E-state index in [1.54, 1.807) is 18.3 Å². The van der Waals surface area contributed by atoms with Crippen LogP contribution in [0.1, 0.15) is 18.1 Å². The first-order chi connectivity index (χ1) is 16.6. The van der Waals surface area contributed by atoms with E-state index in [1.165, 1.54) is 11.5 Å². The van der Waals surface area contributed by atoms with Gasteiger partial charge >= 0.3 is 0 Å². The monoisotopic (exact) mass is 477 g/mol. The van der Waals surface area contributed by atoms with Gasteiger partial charge in [0.2, 0.25) is 5.95 Å². The van der Waals surface area contributed by atoms with E-state index < -0.39 is 0 Å². The van der Waals surface area contributed by atoms with E-state index in [-0.39, 0.29) is 5.82 Å². The molecular weight excluding hydrogens is 449 g/mol. The second-order valence-corrected chi connectivity index (χ2v) is 9.74. The van der Waals surface area contributed by atoms with Crippen LogP contribution in [0.15, 0.2) is 54.2 Å². The van der Waals surface area contributed by atoms with Gasteiger partial charge in [-0.05, 0) is 43.2 Å². The van der Waals surface area contributed by atoms with Crippen molar-refractivity contribution >= 4 is 41.0 Å². The number of ether oxygens (including phenoxy) is 1. The second-order valence-electron chi connectivity index (χ2n) is 8.51. The number of allylic oxidation sites excluding steroid dienone is 1. The zero-order chi connectivity index (χ0) is 23.3. The summed E-state index contributed by atoms with van der Waals surface area (Å²) >= 11 is 2.01. The molecule has 0 amide bonds. The number of thioether (sulfide) groups is 1. The molecule has 0 atom stereocenters. The molecular formula is C26H28FN5OS. The number of nitrogens with zero attached hydrogens (tertiary/aromatic N) is 3. The largest absolute Gasteiger partial charge is 0.492 e. The Balaban J connectivity index is 1.21. The molecule has 8 heteroatoms. The Morgan fingerprint density at radius 2 is 2.00 bits per heavy atom. The van der Waals surface area contributed by atoms with Crippen LogP contribution < -0.4 is 15.4 Å². The molecule has 2 aromatic carbocycles. The Kier molecular flexibility index (Phi) is 6.97. The molecule has 6 nitrogen and oxygen atoms in total. The molecule has 0 radical (unpaired) electrons. The number of halogens is 1. The maximum absolute atomic E-state index is 15.0. The number of anilines is 4. The Morgan fingerprint density at radius 1 is 1.12 bits per heavy atom. The smallest absolute Gasteiger partial charge is 0.229 e. The van der Waals surface area contributed by atoms with Crippen molar-refractivity contribution in [1.82, 2.24) is 14.9 Å². The topological polar surface area (TPSA) is 62.3 Å². The van der Waals surface area contributed by atoms with Gasteiger partial charge in [-0.15, -0.1) is 0 Å². The maximum Gasteiger partial charge on any atom is 0.229 e. The molecule has 0 spiro atoms. The van der Waals surface area contributed by atoms with Crippen LogP contribution in [0.3, 0.4) is 0 Å². The van der Waals surface area contributed by atoms with Crippen molar-refractivity contribution in [3.63, 3.8) is 0 Å². The van der Waals surface area contributed by atoms with E-state index >= 15 is 0 Å². The second kappa shape index (κ2) is 10.4. The van der Waals surface area contributed by atoms with Crippen LogP contribution in [0.2, 0.25) is 0 Å². The van der Waals surface area contributed by atoms with Crippen LogP contribution in [-0.4, -0.2) is 52.6 Å². The summed E-state index contributed by atoms with van der Waals surface area (Å²) in [7, 11) is 0. The molecule has 5 rings (SSSR count). The highest BCUT2D eigenvalue weighted by molar-refractivity contribution is 7.99. The average molecular weight is 478 g/mol. The van der Waals surface area contributed by atoms with Gasteiger partial charge in [0.05, 0.1) is 5.69 Å². The first-order valence-electron chi connectivity index (χ1n) is 11.5. The van der Waals surface area contributed by atoms with Crippen LogP contribution in [0.4, 0.5) is 27.5 Å². The molecule has 3 aromatic rings. The molecule has 1 aromatic heterocycles. The van der Waals surface area contributed by atoms with Crippen LogP contribution in [0.5, 0.6) is 5.75 Å². The van der Waals surface area contributed by atoms with E-state index in [1.807, 2.05) is 55.1 Å². The van der Waals surface area contributed by atoms with Gasteiger partial charge in [0.25, 0.3) is 0 Å². The SMILES string of the molecule is CC1=Cc2c(ccc(Nc3ccnc(Nc4cccc(OCCN5CCSCC5)c4)n3)c2F)C1. The molecule has 1 aliphatic heterocycles. The normalized spacial score (nSPS) is 15.5. The number of hydrogen-bond donors (Lipinski definition) is 2. The van der Waals surface area contributed by atoms with E-state index in [9.17, 15) is 4.39 Å². The molecule has 1 saturated heterocycles. The van der Waals surface area contributed by atoms with Gasteiger partial charge in [-0.25, -0.2) is 9.37 Å². The van der Waals surface area contributed by atoms with Crippen molar-refractivity contribution in [2.45, 2.75) is 13.3 Å². The molecule has 2 aliphatic rings. The number of benzene rings is 2. The number of rotatable bonds is 8. The third kappa shape index (κ3) is 5.51. The molecule has 0 saturated carbocycles. The van der Waals surface area contributed by atoms with Gasteiger partial charge in [-0.3, -0.25) is 4.90 Å². The summed E-state index contributed by atoms with van der Waals surface area (Å²) in [6, 6.07) is 13.2. The summed E-state index contributed by atoms with van der Waals surface area (Å²) < 4.78 is 20.9. The lowest BCUT2D eigenvalue weighted by molar-refractivity contribution is 0.222. The van der Waals surface area contributed by atoms with E-state index in [0.717, 1.165) is 48.6 Å². The molecule has 2 heterocycles. The van der Waals surface area contributed by atoms with Crippen LogP contribution in [0, 0.1) is 5.82 Å². The molecule has 0 unspecified atom stereocenters. The van der Waals surface area contributed by atoms with E-state index in [2.05, 4.69) is 25.5 Å². The summed E-state index contributed by atoms with van der Waals surface area (Å²) in [5.74, 6) is 3.88. The summed E-state index contributed by atoms with van der Waals surface area (Å²) in [5.41, 5.74) is 4.07. The summed E-state index contributed by atoms with van der Waals surface area (Å²) in [4.78, 5) is 11.2. The lowest BCUT2D eigenvalue weighted by Crippen LogP contribution is -2.35. The van der Waals surface area contributed by atoms with Crippen molar-refractivity contribution < 1.29 is 9.13 Å². The Bertz CT molecular complexity index is 1200. The lowest BCUT2D eigenvalue weighted by Gasteiger charge is -2.25. The van der Waals surface area contributed by atoms with Crippen molar-refractivity contribution in [2.24, 2.45) is 0 Å². The molecule has 0 bridgehead atoms. The fourth-order valence-electron chi connectivity index (χ4n) is 4.17. The van der Waals surface area contributed by atoms with Crippen LogP contribution in [0.25, 0.3) is 6.08 Å². The number of aromatic nitrogens is 2. The zero-order valence-corrected chi connectivity index (χ0v) is 20.0. The van der Waals surface area contributed by atoms with Crippen molar-refractivity contribution in [1.29, 1.82) is 0 Å². The quantitative estimate of drug-likeness (QED) is 0.445. The fourth-order valence-corrected chi connectivity index (χ4v) is 5.15. The van der Waals surface area contributed by atoms with Crippen molar-refractivity contribution in [2.75, 3.05) is 48.4 Å². The van der Waals surface area contributed by atoms with Gasteiger partial charge < -0.3 is 15.4 Å². The maximum atomic E-state index is 15.0. The highest BCUT2D eigenvalue weighted by Crippen LogP contribution is 2.32. The molecule has 1 aliphatic carbocycles. The minimum atomic E-state index is -0.254. The predicted octanol–water partition coefficient (Wildman–Crippen LogP) is 5.49. The standard InChI is InChI=1S/C26H28FN5OS/c1-18-15-19-5-6-23(25(27)22(19)16-18)30-24-7-8-28-26(31-24)29-20-3-2-4-21(17-20)33-12-9-32-10-13-34-14-11-32/h2-8,16-17H,9-15H2,1H3,(H2,28,29,30,31). The van der Waals surface area contributed by atoms with Crippen molar-refractivity contribution in [3.05, 3.63) is 71.2 Å². The molecule has 34 heavy (non-hydrogen) atoms. The van der Waals surface area contributed by atoms with Crippen molar-refractivity contribution in [3.8, 4) is 5.75 Å². The highest BCUT2D eigenvalue weighted by Gasteiger charge is 2.17. The summed E-state index contributed by atoms with van der Waals surface area (Å²) in [5, 5.41) is 6.30. The molecule has 1 fully saturated rings. The number of nitrogens with one attached hydrogen (secondary N) is 2. The summed E-state index contributed by atoms with van der Waals surface area (Å²) in [6.45, 7) is 5.86. The molecule has 176 valence electrons. The Morgan fingerprint density at radius 3 is 2.88 bits per heavy atom. The molecule has 2 N–H and O–H groups in total. The van der Waals surface area contributed by atoms with E-state index in [4.69, 9.17) is 4.74 Å². The third-order valence-electron chi connectivity index (χ3n) is 5.92. The lowest BCUT2D eigenvalue weighted by atomic mass is 10.1. The van der Waals surface area contributed by atoms with Gasteiger partial charge in [0.1, 0.15) is 18.2 Å². The van der Waals surface area contributed by atoms with Gasteiger partial charge in [0, 0.05) is 54.7 Å². The minimum absolute atomic E-state index is 0.254. The van der Waals surface area contributed by atoms with E-state index in [0.29, 0.717) is 29.6 Å². The number of hydrogen-bond acceptors (Lipinski definition) is 7. The highest BCUT2D eigenvalue weighted by atomic mass is 32.2. The Hall–Kier alpha value is -3.10. The Labute approximate surface area is 203 Å². The third-order valence-corrected chi connectivity index (χ3v) is 6.86. The number of fused-ring (bicyclic) bond motifs is 1. The zero-order valence-electron chi connectivity index (χ0n) is 19.2. The summed E-state index contributed by atoms with van der Waals surface area (Å²) in [6.07, 6.45) is 4.35. The predicted molar refractivity (Wildman–Crippen MR) is 138 cm³/mol. The van der Waals surface area contributed by atoms with Crippen LogP contribution in [-0.2, 0) is 6.42 Å². The average Bonchev–Trinajstić information content (AvgIpc) is 3.23. The first kappa shape index (κ1) is 22.7. The fraction of sp³-hybridized carbons (Fsp3) is 0.308. The van der Waals surface area contributed by atoms with Gasteiger partial charge in [-0.2, -0.15) is 16.7 Å². The van der Waals surface area contributed by atoms with Crippen LogP contribution >= 0.6 is 11.8 Å². The minimum Gasteiger partial charge on any atom is -0.492 e. The first-order valence-corrected chi connectivity index (χ1v) is 12.7.